The maximum Gasteiger partial charge on any atom is 0.0983 e. The van der Waals surface area contributed by atoms with E-state index in [1.165, 1.54) is 19.3 Å². The summed E-state index contributed by atoms with van der Waals surface area (Å²) in [5.74, 6) is 2.01. The monoisotopic (exact) mass is 399 g/mol. The van der Waals surface area contributed by atoms with Crippen LogP contribution >= 0.6 is 0 Å². The summed E-state index contributed by atoms with van der Waals surface area (Å²) < 4.78 is 11.4. The maximum absolute atomic E-state index is 11.8. The number of nitrogens with two attached hydrogens (primary N) is 1. The number of aliphatic hydroxyl groups is 1. The second kappa shape index (κ2) is 6.96. The number of hydrogen-bond donors (Lipinski definition) is 2. The first-order valence-electron chi connectivity index (χ1n) is 11.7. The molecule has 7 atom stereocenters. The van der Waals surface area contributed by atoms with E-state index in [0.29, 0.717) is 36.5 Å². The van der Waals surface area contributed by atoms with Crippen LogP contribution in [-0.2, 0) is 10.3 Å². The molecule has 0 bridgehead atoms. The van der Waals surface area contributed by atoms with Crippen molar-refractivity contribution in [2.45, 2.75) is 76.9 Å². The van der Waals surface area contributed by atoms with Crippen LogP contribution in [0.4, 0.5) is 0 Å². The third-order valence-corrected chi connectivity index (χ3v) is 9.68. The molecule has 0 saturated heterocycles. The third-order valence-electron chi connectivity index (χ3n) is 9.68. The number of rotatable bonds is 4. The smallest absolute Gasteiger partial charge is 0.0983 e. The quantitative estimate of drug-likeness (QED) is 0.715. The zero-order chi connectivity index (χ0) is 20.3. The molecule has 2 unspecified atom stereocenters. The van der Waals surface area contributed by atoms with Crippen molar-refractivity contribution in [2.24, 2.45) is 34.3 Å². The molecular formula is C25H37NO3. The van der Waals surface area contributed by atoms with E-state index in [2.05, 4.69) is 19.9 Å². The molecule has 4 heteroatoms. The summed E-state index contributed by atoms with van der Waals surface area (Å²) in [5, 5.41) is 11.8. The van der Waals surface area contributed by atoms with Crippen LogP contribution in [0.15, 0.2) is 34.7 Å². The second-order valence-corrected chi connectivity index (χ2v) is 10.7. The molecule has 0 radical (unpaired) electrons. The van der Waals surface area contributed by atoms with Gasteiger partial charge in [-0.3, -0.25) is 0 Å². The Balaban J connectivity index is 1.41. The largest absolute Gasteiger partial charge is 0.472 e. The third kappa shape index (κ3) is 2.75. The highest BCUT2D eigenvalue weighted by atomic mass is 16.5. The molecule has 4 aliphatic rings. The standard InChI is InChI=1S/C25H37NO3/c1-23-9-5-19(29-14-12-26)15-17(23)3-4-20-21(23)6-10-24(2)22(20)7-11-25(24,27)18-8-13-28-16-18/h3,8,13,16,19-22,27H,4-7,9-12,14-15,26H2,1-2H3/t19?,20-,21-,22+,23+,24+,25?/m1/s1. The molecular weight excluding hydrogens is 362 g/mol. The molecule has 0 amide bonds. The van der Waals surface area contributed by atoms with E-state index in [-0.39, 0.29) is 5.41 Å². The molecule has 0 aromatic carbocycles. The van der Waals surface area contributed by atoms with E-state index in [1.807, 2.05) is 6.07 Å². The van der Waals surface area contributed by atoms with Crippen LogP contribution in [0, 0.1) is 28.6 Å². The van der Waals surface area contributed by atoms with E-state index in [1.54, 1.807) is 18.1 Å². The highest BCUT2D eigenvalue weighted by Gasteiger charge is 2.64. The van der Waals surface area contributed by atoms with Gasteiger partial charge in [0.1, 0.15) is 0 Å². The molecule has 0 spiro atoms. The average Bonchev–Trinajstić information content (AvgIpc) is 3.34. The van der Waals surface area contributed by atoms with Crippen molar-refractivity contribution >= 4 is 0 Å². The van der Waals surface area contributed by atoms with Crippen LogP contribution in [0.5, 0.6) is 0 Å². The minimum Gasteiger partial charge on any atom is -0.472 e. The van der Waals surface area contributed by atoms with E-state index >= 15 is 0 Å². The van der Waals surface area contributed by atoms with Crippen molar-refractivity contribution in [2.75, 3.05) is 13.2 Å². The molecule has 3 N–H and O–H groups in total. The fourth-order valence-electron chi connectivity index (χ4n) is 7.99. The Hall–Kier alpha value is -1.10. The first-order chi connectivity index (χ1) is 13.9. The predicted octanol–water partition coefficient (Wildman–Crippen LogP) is 4.77. The minimum atomic E-state index is -0.742. The SMILES string of the molecule is C[C@]12CCC(OCCN)CC1=CC[C@@H]1[C@H]2CC[C@@]2(C)[C@H]1CCC2(O)c1ccoc1. The minimum absolute atomic E-state index is 0.0544. The highest BCUT2D eigenvalue weighted by Crippen LogP contribution is 2.69. The first-order valence-corrected chi connectivity index (χ1v) is 11.7. The summed E-state index contributed by atoms with van der Waals surface area (Å²) in [6, 6.07) is 1.97. The van der Waals surface area contributed by atoms with E-state index in [9.17, 15) is 5.11 Å². The lowest BCUT2D eigenvalue weighted by Crippen LogP contribution is -2.53. The molecule has 160 valence electrons. The fraction of sp³-hybridized carbons (Fsp3) is 0.760. The van der Waals surface area contributed by atoms with Crippen LogP contribution in [0.25, 0.3) is 0 Å². The van der Waals surface area contributed by atoms with E-state index in [0.717, 1.165) is 43.6 Å². The Morgan fingerprint density at radius 1 is 1.17 bits per heavy atom. The Bertz CT molecular complexity index is 773. The van der Waals surface area contributed by atoms with Gasteiger partial charge in [0, 0.05) is 17.5 Å². The number of allylic oxidation sites excluding steroid dienone is 1. The van der Waals surface area contributed by atoms with Gasteiger partial charge in [-0.1, -0.05) is 25.5 Å². The zero-order valence-electron chi connectivity index (χ0n) is 18.0. The normalized spacial score (nSPS) is 46.6. The number of hydrogen-bond acceptors (Lipinski definition) is 4. The number of fused-ring (bicyclic) bond motifs is 5. The second-order valence-electron chi connectivity index (χ2n) is 10.7. The predicted molar refractivity (Wildman–Crippen MR) is 113 cm³/mol. The molecule has 0 aliphatic heterocycles. The van der Waals surface area contributed by atoms with Gasteiger partial charge in [0.15, 0.2) is 0 Å². The van der Waals surface area contributed by atoms with E-state index in [4.69, 9.17) is 14.9 Å². The Kier molecular flexibility index (Phi) is 4.76. The summed E-state index contributed by atoms with van der Waals surface area (Å²) in [6.45, 7) is 6.16. The molecule has 4 aliphatic carbocycles. The Morgan fingerprint density at radius 3 is 2.76 bits per heavy atom. The van der Waals surface area contributed by atoms with Gasteiger partial charge in [-0.05, 0) is 80.6 Å². The van der Waals surface area contributed by atoms with Crippen LogP contribution < -0.4 is 5.73 Å². The lowest BCUT2D eigenvalue weighted by Gasteiger charge is -2.59. The van der Waals surface area contributed by atoms with Gasteiger partial charge in [-0.15, -0.1) is 0 Å². The molecule has 1 aromatic rings. The van der Waals surface area contributed by atoms with E-state index < -0.39 is 5.60 Å². The molecule has 5 rings (SSSR count). The summed E-state index contributed by atoms with van der Waals surface area (Å²) in [7, 11) is 0. The van der Waals surface area contributed by atoms with Gasteiger partial charge < -0.3 is 20.0 Å². The Morgan fingerprint density at radius 2 is 2.00 bits per heavy atom. The molecule has 4 nitrogen and oxygen atoms in total. The van der Waals surface area contributed by atoms with Crippen LogP contribution in [0.1, 0.15) is 70.8 Å². The summed E-state index contributed by atoms with van der Waals surface area (Å²) in [5.41, 5.74) is 7.78. The molecule has 1 aromatic heterocycles. The summed E-state index contributed by atoms with van der Waals surface area (Å²) in [6.07, 6.45) is 15.3. The fourth-order valence-corrected chi connectivity index (χ4v) is 7.99. The maximum atomic E-state index is 11.8. The van der Waals surface area contributed by atoms with Crippen molar-refractivity contribution in [3.63, 3.8) is 0 Å². The number of furan rings is 1. The van der Waals surface area contributed by atoms with Crippen LogP contribution in [0.2, 0.25) is 0 Å². The Labute approximate surface area is 174 Å². The van der Waals surface area contributed by atoms with Crippen molar-refractivity contribution < 1.29 is 14.3 Å². The zero-order valence-corrected chi connectivity index (χ0v) is 18.0. The summed E-state index contributed by atoms with van der Waals surface area (Å²) in [4.78, 5) is 0. The van der Waals surface area contributed by atoms with Crippen molar-refractivity contribution in [3.8, 4) is 0 Å². The van der Waals surface area contributed by atoms with Gasteiger partial charge >= 0.3 is 0 Å². The molecule has 1 heterocycles. The molecule has 3 saturated carbocycles. The van der Waals surface area contributed by atoms with Gasteiger partial charge in [0.25, 0.3) is 0 Å². The van der Waals surface area contributed by atoms with Crippen molar-refractivity contribution in [1.29, 1.82) is 0 Å². The topological polar surface area (TPSA) is 68.6 Å². The molecule has 29 heavy (non-hydrogen) atoms. The van der Waals surface area contributed by atoms with Crippen LogP contribution in [-0.4, -0.2) is 24.4 Å². The highest BCUT2D eigenvalue weighted by molar-refractivity contribution is 5.29. The van der Waals surface area contributed by atoms with Crippen molar-refractivity contribution in [1.82, 2.24) is 0 Å². The van der Waals surface area contributed by atoms with Gasteiger partial charge in [0.05, 0.1) is 30.8 Å². The van der Waals surface area contributed by atoms with Gasteiger partial charge in [-0.2, -0.15) is 0 Å². The average molecular weight is 400 g/mol. The van der Waals surface area contributed by atoms with Gasteiger partial charge in [-0.25, -0.2) is 0 Å². The molecule has 3 fully saturated rings. The lowest BCUT2D eigenvalue weighted by molar-refractivity contribution is -0.130. The van der Waals surface area contributed by atoms with Crippen LogP contribution in [0.3, 0.4) is 0 Å². The number of ether oxygens (including phenoxy) is 1. The lowest BCUT2D eigenvalue weighted by atomic mass is 9.46. The summed E-state index contributed by atoms with van der Waals surface area (Å²) >= 11 is 0. The van der Waals surface area contributed by atoms with Crippen molar-refractivity contribution in [3.05, 3.63) is 35.8 Å². The first kappa shape index (κ1) is 19.8. The van der Waals surface area contributed by atoms with Gasteiger partial charge in [0.2, 0.25) is 0 Å².